The predicted molar refractivity (Wildman–Crippen MR) is 123 cm³/mol. The molecule has 0 bridgehead atoms. The highest BCUT2D eigenvalue weighted by Crippen LogP contribution is 2.34. The molecule has 0 aliphatic heterocycles. The fourth-order valence-electron chi connectivity index (χ4n) is 3.94. The summed E-state index contributed by atoms with van der Waals surface area (Å²) in [7, 11) is 3.04. The molecule has 158 valence electrons. The summed E-state index contributed by atoms with van der Waals surface area (Å²) >= 11 is 0. The second-order valence-corrected chi connectivity index (χ2v) is 7.52. The van der Waals surface area contributed by atoms with E-state index in [1.165, 1.54) is 12.7 Å². The van der Waals surface area contributed by atoms with Crippen molar-refractivity contribution in [2.75, 3.05) is 14.2 Å². The van der Waals surface area contributed by atoms with Crippen LogP contribution < -0.4 is 4.74 Å². The molecule has 0 aliphatic rings. The number of methoxy groups -OCH3 is 2. The van der Waals surface area contributed by atoms with Crippen LogP contribution in [0.15, 0.2) is 60.7 Å². The van der Waals surface area contributed by atoms with E-state index in [1.54, 1.807) is 13.2 Å². The smallest absolute Gasteiger partial charge is 0.356 e. The zero-order valence-electron chi connectivity index (χ0n) is 18.1. The van der Waals surface area contributed by atoms with Crippen molar-refractivity contribution in [2.45, 2.75) is 26.2 Å². The first-order valence-corrected chi connectivity index (χ1v) is 10.4. The Kier molecular flexibility index (Phi) is 6.03. The molecule has 0 atom stereocenters. The predicted octanol–water partition coefficient (Wildman–Crippen LogP) is 5.57. The van der Waals surface area contributed by atoms with Gasteiger partial charge in [-0.25, -0.2) is 9.78 Å². The van der Waals surface area contributed by atoms with Gasteiger partial charge in [0.1, 0.15) is 11.4 Å². The Bertz CT molecular complexity index is 1230. The van der Waals surface area contributed by atoms with Crippen molar-refractivity contribution in [2.24, 2.45) is 0 Å². The number of rotatable bonds is 7. The average molecular weight is 415 g/mol. The fraction of sp³-hybridized carbons (Fsp3) is 0.231. The minimum absolute atomic E-state index is 0.313. The number of esters is 1. The van der Waals surface area contributed by atoms with Crippen molar-refractivity contribution < 1.29 is 14.3 Å². The number of nitrogens with one attached hydrogen (secondary N) is 1. The third kappa shape index (κ3) is 4.31. The van der Waals surface area contributed by atoms with Crippen molar-refractivity contribution in [1.82, 2.24) is 9.97 Å². The second kappa shape index (κ2) is 9.04. The van der Waals surface area contributed by atoms with E-state index in [-0.39, 0.29) is 0 Å². The monoisotopic (exact) mass is 414 g/mol. The molecule has 2 aromatic carbocycles. The molecular formula is C26H26N2O3. The Labute approximate surface area is 182 Å². The number of pyridine rings is 1. The van der Waals surface area contributed by atoms with Gasteiger partial charge >= 0.3 is 5.97 Å². The molecule has 0 unspecified atom stereocenters. The summed E-state index contributed by atoms with van der Waals surface area (Å²) in [5.74, 6) is 0.371. The molecule has 0 radical (unpaired) electrons. The van der Waals surface area contributed by atoms with Crippen LogP contribution in [0.5, 0.6) is 5.75 Å². The normalized spacial score (nSPS) is 10.9. The lowest BCUT2D eigenvalue weighted by Crippen LogP contribution is -2.06. The maximum absolute atomic E-state index is 11.9. The molecule has 4 rings (SSSR count). The van der Waals surface area contributed by atoms with Crippen molar-refractivity contribution >= 4 is 16.9 Å². The van der Waals surface area contributed by atoms with Crippen molar-refractivity contribution in [3.05, 3.63) is 83.2 Å². The summed E-state index contributed by atoms with van der Waals surface area (Å²) in [6, 6.07) is 20.1. The minimum atomic E-state index is -0.432. The number of carbonyl (C=O) groups excluding carboxylic acids is 1. The molecule has 0 saturated carbocycles. The fourth-order valence-corrected chi connectivity index (χ4v) is 3.94. The van der Waals surface area contributed by atoms with E-state index in [0.29, 0.717) is 12.1 Å². The zero-order chi connectivity index (χ0) is 21.8. The molecular weight excluding hydrogens is 388 g/mol. The van der Waals surface area contributed by atoms with Crippen LogP contribution in [-0.2, 0) is 17.6 Å². The second-order valence-electron chi connectivity index (χ2n) is 7.52. The van der Waals surface area contributed by atoms with E-state index >= 15 is 0 Å². The van der Waals surface area contributed by atoms with Gasteiger partial charge in [-0.05, 0) is 53.4 Å². The molecule has 2 heterocycles. The first-order chi connectivity index (χ1) is 15.1. The highest BCUT2D eigenvalue weighted by atomic mass is 16.5. The van der Waals surface area contributed by atoms with Gasteiger partial charge < -0.3 is 14.5 Å². The van der Waals surface area contributed by atoms with Crippen LogP contribution in [0.25, 0.3) is 22.2 Å². The SMILES string of the molecule is CCCc1cccc(-c2[nH]c3cc(OC)ccc3c2Cc2cccc(C(=O)OC)n2)c1. The Hall–Kier alpha value is -3.60. The Morgan fingerprint density at radius 1 is 1.03 bits per heavy atom. The molecule has 5 heteroatoms. The molecule has 0 saturated heterocycles. The van der Waals surface area contributed by atoms with E-state index in [2.05, 4.69) is 47.2 Å². The summed E-state index contributed by atoms with van der Waals surface area (Å²) in [6.45, 7) is 2.19. The molecule has 5 nitrogen and oxygen atoms in total. The number of aryl methyl sites for hydroxylation is 1. The maximum Gasteiger partial charge on any atom is 0.356 e. The number of benzene rings is 2. The van der Waals surface area contributed by atoms with Crippen LogP contribution in [0.3, 0.4) is 0 Å². The number of aromatic nitrogens is 2. The van der Waals surface area contributed by atoms with E-state index in [0.717, 1.165) is 52.0 Å². The summed E-state index contributed by atoms with van der Waals surface area (Å²) in [6.07, 6.45) is 2.73. The Balaban J connectivity index is 1.84. The standard InChI is InChI=1S/C26H26N2O3/c1-4-7-17-8-5-9-18(14-17)25-22(21-13-12-20(30-2)16-24(21)28-25)15-19-10-6-11-23(27-19)26(29)31-3/h5-6,8-14,16,28H,4,7,15H2,1-3H3. The molecule has 0 fully saturated rings. The van der Waals surface area contributed by atoms with Gasteiger partial charge in [0.15, 0.2) is 0 Å². The van der Waals surface area contributed by atoms with Gasteiger partial charge in [-0.3, -0.25) is 0 Å². The van der Waals surface area contributed by atoms with Crippen LogP contribution in [-0.4, -0.2) is 30.2 Å². The average Bonchev–Trinajstić information content (AvgIpc) is 3.16. The van der Waals surface area contributed by atoms with Crippen LogP contribution >= 0.6 is 0 Å². The van der Waals surface area contributed by atoms with Crippen LogP contribution in [0, 0.1) is 0 Å². The molecule has 0 amide bonds. The molecule has 4 aromatic rings. The van der Waals surface area contributed by atoms with Crippen molar-refractivity contribution in [3.63, 3.8) is 0 Å². The number of nitrogens with zero attached hydrogens (tertiary/aromatic N) is 1. The topological polar surface area (TPSA) is 64.2 Å². The van der Waals surface area contributed by atoms with Crippen LogP contribution in [0.2, 0.25) is 0 Å². The summed E-state index contributed by atoms with van der Waals surface area (Å²) < 4.78 is 10.2. The first kappa shape index (κ1) is 20.7. The number of aromatic amines is 1. The number of carbonyl (C=O) groups is 1. The summed E-state index contributed by atoms with van der Waals surface area (Å²) in [4.78, 5) is 20.1. The minimum Gasteiger partial charge on any atom is -0.497 e. The third-order valence-electron chi connectivity index (χ3n) is 5.43. The Morgan fingerprint density at radius 2 is 1.87 bits per heavy atom. The van der Waals surface area contributed by atoms with E-state index in [1.807, 2.05) is 24.3 Å². The molecule has 31 heavy (non-hydrogen) atoms. The molecule has 1 N–H and O–H groups in total. The number of fused-ring (bicyclic) bond motifs is 1. The number of H-pyrrole nitrogens is 1. The molecule has 0 aliphatic carbocycles. The number of hydrogen-bond donors (Lipinski definition) is 1. The maximum atomic E-state index is 11.9. The van der Waals surface area contributed by atoms with E-state index < -0.39 is 5.97 Å². The first-order valence-electron chi connectivity index (χ1n) is 10.4. The zero-order valence-corrected chi connectivity index (χ0v) is 18.1. The van der Waals surface area contributed by atoms with Gasteiger partial charge in [-0.2, -0.15) is 0 Å². The van der Waals surface area contributed by atoms with Gasteiger partial charge in [-0.15, -0.1) is 0 Å². The number of hydrogen-bond acceptors (Lipinski definition) is 4. The van der Waals surface area contributed by atoms with E-state index in [4.69, 9.17) is 9.47 Å². The lowest BCUT2D eigenvalue weighted by molar-refractivity contribution is 0.0593. The van der Waals surface area contributed by atoms with Gasteiger partial charge in [0, 0.05) is 29.1 Å². The number of ether oxygens (including phenoxy) is 2. The Morgan fingerprint density at radius 3 is 2.65 bits per heavy atom. The van der Waals surface area contributed by atoms with Gasteiger partial charge in [0.25, 0.3) is 0 Å². The highest BCUT2D eigenvalue weighted by Gasteiger charge is 2.16. The van der Waals surface area contributed by atoms with Crippen molar-refractivity contribution in [3.8, 4) is 17.0 Å². The van der Waals surface area contributed by atoms with Gasteiger partial charge in [0.2, 0.25) is 0 Å². The highest BCUT2D eigenvalue weighted by molar-refractivity contribution is 5.92. The summed E-state index contributed by atoms with van der Waals surface area (Å²) in [5, 5.41) is 1.11. The third-order valence-corrected chi connectivity index (χ3v) is 5.43. The van der Waals surface area contributed by atoms with Gasteiger partial charge in [0.05, 0.1) is 19.9 Å². The lowest BCUT2D eigenvalue weighted by Gasteiger charge is -2.08. The van der Waals surface area contributed by atoms with Crippen molar-refractivity contribution in [1.29, 1.82) is 0 Å². The lowest BCUT2D eigenvalue weighted by atomic mass is 9.98. The summed E-state index contributed by atoms with van der Waals surface area (Å²) in [5.41, 5.74) is 6.79. The molecule has 2 aromatic heterocycles. The van der Waals surface area contributed by atoms with E-state index in [9.17, 15) is 4.79 Å². The quantitative estimate of drug-likeness (QED) is 0.402. The van der Waals surface area contributed by atoms with Crippen LogP contribution in [0.1, 0.15) is 40.7 Å². The van der Waals surface area contributed by atoms with Gasteiger partial charge in [-0.1, -0.05) is 37.6 Å². The van der Waals surface area contributed by atoms with Crippen LogP contribution in [0.4, 0.5) is 0 Å². The molecule has 0 spiro atoms. The largest absolute Gasteiger partial charge is 0.497 e.